The van der Waals surface area contributed by atoms with E-state index in [-0.39, 0.29) is 24.0 Å². The topological polar surface area (TPSA) is 36.9 Å². The number of rotatable bonds is 8. The summed E-state index contributed by atoms with van der Waals surface area (Å²) in [6, 6.07) is 14.1. The van der Waals surface area contributed by atoms with Gasteiger partial charge in [0.25, 0.3) is 0 Å². The molecule has 0 fully saturated rings. The van der Waals surface area contributed by atoms with Crippen molar-refractivity contribution in [3.8, 4) is 5.75 Å². The molecule has 0 atom stereocenters. The normalized spacial score (nSPS) is 10.8. The van der Waals surface area contributed by atoms with E-state index in [1.807, 2.05) is 37.4 Å². The van der Waals surface area contributed by atoms with E-state index >= 15 is 0 Å². The van der Waals surface area contributed by atoms with Crippen LogP contribution in [0.5, 0.6) is 5.75 Å². The molecule has 1 aromatic carbocycles. The first-order valence-corrected chi connectivity index (χ1v) is 8.87. The maximum absolute atomic E-state index is 5.75. The lowest BCUT2D eigenvalue weighted by Crippen LogP contribution is -2.41. The van der Waals surface area contributed by atoms with Gasteiger partial charge in [-0.25, -0.2) is 0 Å². The molecule has 0 aliphatic rings. The van der Waals surface area contributed by atoms with Crippen molar-refractivity contribution in [3.63, 3.8) is 0 Å². The van der Waals surface area contributed by atoms with Gasteiger partial charge < -0.3 is 15.0 Å². The highest BCUT2D eigenvalue weighted by atomic mass is 127. The third-order valence-electron chi connectivity index (χ3n) is 3.33. The fourth-order valence-corrected chi connectivity index (χ4v) is 2.82. The zero-order valence-electron chi connectivity index (χ0n) is 14.3. The molecule has 2 aromatic rings. The number of hydrogen-bond donors (Lipinski definition) is 1. The Morgan fingerprint density at radius 1 is 1.21 bits per heavy atom. The molecule has 1 N–H and O–H groups in total. The maximum Gasteiger partial charge on any atom is 0.193 e. The van der Waals surface area contributed by atoms with Gasteiger partial charge in [-0.1, -0.05) is 24.3 Å². The van der Waals surface area contributed by atoms with Crippen LogP contribution in [0.4, 0.5) is 0 Å². The highest BCUT2D eigenvalue weighted by molar-refractivity contribution is 14.0. The van der Waals surface area contributed by atoms with Crippen LogP contribution in [0.3, 0.4) is 0 Å². The Morgan fingerprint density at radius 3 is 2.67 bits per heavy atom. The minimum Gasteiger partial charge on any atom is -0.492 e. The first kappa shape index (κ1) is 20.8. The van der Waals surface area contributed by atoms with E-state index < -0.39 is 0 Å². The molecule has 0 aliphatic heterocycles. The predicted octanol–water partition coefficient (Wildman–Crippen LogP) is 3.88. The first-order chi connectivity index (χ1) is 11.3. The lowest BCUT2D eigenvalue weighted by Gasteiger charge is -2.22. The van der Waals surface area contributed by atoms with E-state index in [1.165, 1.54) is 4.88 Å². The summed E-state index contributed by atoms with van der Waals surface area (Å²) in [6.45, 7) is 5.17. The Labute approximate surface area is 166 Å². The van der Waals surface area contributed by atoms with Gasteiger partial charge in [-0.05, 0) is 30.5 Å². The summed E-state index contributed by atoms with van der Waals surface area (Å²) in [5.74, 6) is 1.83. The predicted molar refractivity (Wildman–Crippen MR) is 114 cm³/mol. The molecule has 0 radical (unpaired) electrons. The number of ether oxygens (including phenoxy) is 1. The number of benzene rings is 1. The summed E-state index contributed by atoms with van der Waals surface area (Å²) in [5.41, 5.74) is 0. The molecule has 2 rings (SSSR count). The molecule has 1 aromatic heterocycles. The SMILES string of the molecule is CCNC(=NCCc1cccs1)N(C)CCOc1ccccc1.I. The molecule has 4 nitrogen and oxygen atoms in total. The molecule has 6 heteroatoms. The molecule has 0 spiro atoms. The first-order valence-electron chi connectivity index (χ1n) is 7.99. The van der Waals surface area contributed by atoms with Crippen LogP contribution < -0.4 is 10.1 Å². The monoisotopic (exact) mass is 459 g/mol. The van der Waals surface area contributed by atoms with Gasteiger partial charge in [0.2, 0.25) is 0 Å². The number of hydrogen-bond acceptors (Lipinski definition) is 3. The van der Waals surface area contributed by atoms with E-state index in [1.54, 1.807) is 11.3 Å². The quantitative estimate of drug-likeness (QED) is 0.370. The van der Waals surface area contributed by atoms with Crippen molar-refractivity contribution >= 4 is 41.3 Å². The Bertz CT molecular complexity index is 575. The molecule has 132 valence electrons. The van der Waals surface area contributed by atoms with Crippen molar-refractivity contribution in [1.82, 2.24) is 10.2 Å². The zero-order chi connectivity index (χ0) is 16.3. The summed E-state index contributed by atoms with van der Waals surface area (Å²) in [7, 11) is 2.04. The van der Waals surface area contributed by atoms with Gasteiger partial charge in [0.15, 0.2) is 5.96 Å². The van der Waals surface area contributed by atoms with Crippen molar-refractivity contribution in [2.24, 2.45) is 4.99 Å². The van der Waals surface area contributed by atoms with Gasteiger partial charge in [-0.2, -0.15) is 0 Å². The third-order valence-corrected chi connectivity index (χ3v) is 4.27. The number of nitrogens with zero attached hydrogens (tertiary/aromatic N) is 2. The number of guanidine groups is 1. The molecular formula is C18H26IN3OS. The number of thiophene rings is 1. The fraction of sp³-hybridized carbons (Fsp3) is 0.389. The summed E-state index contributed by atoms with van der Waals surface area (Å²) in [5, 5.41) is 5.44. The van der Waals surface area contributed by atoms with Crippen molar-refractivity contribution in [2.45, 2.75) is 13.3 Å². The maximum atomic E-state index is 5.75. The highest BCUT2D eigenvalue weighted by Gasteiger charge is 2.05. The average Bonchev–Trinajstić information content (AvgIpc) is 3.08. The van der Waals surface area contributed by atoms with Crippen LogP contribution in [-0.4, -0.2) is 44.1 Å². The second-order valence-corrected chi connectivity index (χ2v) is 6.18. The Hall–Kier alpha value is -1.28. The number of likely N-dealkylation sites (N-methyl/N-ethyl adjacent to an activating group) is 1. The standard InChI is InChI=1S/C18H25N3OS.HI/c1-3-19-18(20-12-11-17-10-7-15-23-17)21(2)13-14-22-16-8-5-4-6-9-16;/h4-10,15H,3,11-14H2,1-2H3,(H,19,20);1H. The van der Waals surface area contributed by atoms with Crippen LogP contribution in [0.1, 0.15) is 11.8 Å². The fourth-order valence-electron chi connectivity index (χ4n) is 2.12. The molecule has 24 heavy (non-hydrogen) atoms. The van der Waals surface area contributed by atoms with Crippen LogP contribution in [0.15, 0.2) is 52.8 Å². The van der Waals surface area contributed by atoms with Gasteiger partial charge >= 0.3 is 0 Å². The Kier molecular flexibility index (Phi) is 10.5. The molecule has 0 unspecified atom stereocenters. The number of nitrogens with one attached hydrogen (secondary N) is 1. The van der Waals surface area contributed by atoms with E-state index in [2.05, 4.69) is 34.7 Å². The van der Waals surface area contributed by atoms with E-state index in [0.717, 1.165) is 37.8 Å². The van der Waals surface area contributed by atoms with E-state index in [0.29, 0.717) is 6.61 Å². The summed E-state index contributed by atoms with van der Waals surface area (Å²) < 4.78 is 5.75. The summed E-state index contributed by atoms with van der Waals surface area (Å²) in [4.78, 5) is 8.18. The zero-order valence-corrected chi connectivity index (χ0v) is 17.4. The highest BCUT2D eigenvalue weighted by Crippen LogP contribution is 2.09. The number of halogens is 1. The minimum atomic E-state index is 0. The smallest absolute Gasteiger partial charge is 0.193 e. The average molecular weight is 459 g/mol. The third kappa shape index (κ3) is 7.53. The van der Waals surface area contributed by atoms with Gasteiger partial charge in [0.1, 0.15) is 12.4 Å². The van der Waals surface area contributed by atoms with Crippen molar-refractivity contribution in [3.05, 3.63) is 52.7 Å². The molecule has 0 amide bonds. The van der Waals surface area contributed by atoms with Crippen LogP contribution >= 0.6 is 35.3 Å². The number of para-hydroxylation sites is 1. The van der Waals surface area contributed by atoms with Crippen LogP contribution in [-0.2, 0) is 6.42 Å². The van der Waals surface area contributed by atoms with Crippen LogP contribution in [0.2, 0.25) is 0 Å². The molecule has 0 saturated heterocycles. The van der Waals surface area contributed by atoms with E-state index in [4.69, 9.17) is 9.73 Å². The molecular weight excluding hydrogens is 433 g/mol. The second-order valence-electron chi connectivity index (χ2n) is 5.15. The Balaban J connectivity index is 0.00000288. The lowest BCUT2D eigenvalue weighted by molar-refractivity contribution is 0.281. The largest absolute Gasteiger partial charge is 0.492 e. The molecule has 0 saturated carbocycles. The van der Waals surface area contributed by atoms with Crippen LogP contribution in [0.25, 0.3) is 0 Å². The summed E-state index contributed by atoms with van der Waals surface area (Å²) >= 11 is 1.78. The van der Waals surface area contributed by atoms with Gasteiger partial charge in [0.05, 0.1) is 6.54 Å². The molecule has 0 aliphatic carbocycles. The van der Waals surface area contributed by atoms with Crippen molar-refractivity contribution in [1.29, 1.82) is 0 Å². The number of aliphatic imine (C=N–C) groups is 1. The molecule has 0 bridgehead atoms. The Morgan fingerprint density at radius 2 is 2.00 bits per heavy atom. The van der Waals surface area contributed by atoms with Gasteiger partial charge in [-0.3, -0.25) is 4.99 Å². The second kappa shape index (κ2) is 12.1. The van der Waals surface area contributed by atoms with Gasteiger partial charge in [0, 0.05) is 31.4 Å². The van der Waals surface area contributed by atoms with E-state index in [9.17, 15) is 0 Å². The van der Waals surface area contributed by atoms with Crippen molar-refractivity contribution in [2.75, 3.05) is 33.3 Å². The minimum absolute atomic E-state index is 0. The lowest BCUT2D eigenvalue weighted by atomic mass is 10.3. The van der Waals surface area contributed by atoms with Crippen LogP contribution in [0, 0.1) is 0 Å². The summed E-state index contributed by atoms with van der Waals surface area (Å²) in [6.07, 6.45) is 0.987. The molecule has 1 heterocycles. The van der Waals surface area contributed by atoms with Crippen molar-refractivity contribution < 1.29 is 4.74 Å². The van der Waals surface area contributed by atoms with Gasteiger partial charge in [-0.15, -0.1) is 35.3 Å².